The number of fused-ring (bicyclic) bond motifs is 2. The number of aromatic nitrogens is 2. The lowest BCUT2D eigenvalue weighted by Gasteiger charge is -2.06. The van der Waals surface area contributed by atoms with Crippen molar-refractivity contribution in [3.63, 3.8) is 0 Å². The summed E-state index contributed by atoms with van der Waals surface area (Å²) in [5.41, 5.74) is 5.76. The maximum Gasteiger partial charge on any atom is 0.261 e. The molecule has 0 amide bonds. The van der Waals surface area contributed by atoms with Crippen molar-refractivity contribution in [2.45, 2.75) is 19.8 Å². The van der Waals surface area contributed by atoms with Crippen molar-refractivity contribution in [1.82, 2.24) is 9.38 Å². The lowest BCUT2D eigenvalue weighted by Crippen LogP contribution is -2.19. The van der Waals surface area contributed by atoms with E-state index < -0.39 is 0 Å². The molecule has 3 nitrogen and oxygen atoms in total. The third-order valence-electron chi connectivity index (χ3n) is 4.35. The third-order valence-corrected chi connectivity index (χ3v) is 4.57. The van der Waals surface area contributed by atoms with Gasteiger partial charge in [-0.1, -0.05) is 35.9 Å². The zero-order valence-electron chi connectivity index (χ0n) is 12.7. The van der Waals surface area contributed by atoms with Crippen LogP contribution in [-0.2, 0) is 6.42 Å². The van der Waals surface area contributed by atoms with E-state index in [2.05, 4.69) is 25.1 Å². The summed E-state index contributed by atoms with van der Waals surface area (Å²) in [7, 11) is 0. The first-order chi connectivity index (χ1) is 11.1. The summed E-state index contributed by atoms with van der Waals surface area (Å²) >= 11 is 6.00. The molecule has 0 unspecified atom stereocenters. The topological polar surface area (TPSA) is 34.4 Å². The predicted molar refractivity (Wildman–Crippen MR) is 93.8 cm³/mol. The lowest BCUT2D eigenvalue weighted by molar-refractivity contribution is 0.971. The molecule has 3 aromatic rings. The summed E-state index contributed by atoms with van der Waals surface area (Å²) in [5, 5.41) is 0.537. The molecule has 0 N–H and O–H groups in total. The van der Waals surface area contributed by atoms with Crippen molar-refractivity contribution < 1.29 is 0 Å². The SMILES string of the molecule is Cc1ccccc1/C=C1/CCc2c1nc1ccc(Cl)cn1c2=O. The largest absolute Gasteiger partial charge is 0.269 e. The molecule has 2 aromatic heterocycles. The molecule has 23 heavy (non-hydrogen) atoms. The Bertz CT molecular complexity index is 1020. The quantitative estimate of drug-likeness (QED) is 0.674. The summed E-state index contributed by atoms with van der Waals surface area (Å²) in [6.45, 7) is 2.09. The van der Waals surface area contributed by atoms with E-state index in [4.69, 9.17) is 16.6 Å². The van der Waals surface area contributed by atoms with Crippen LogP contribution in [0.1, 0.15) is 28.8 Å². The lowest BCUT2D eigenvalue weighted by atomic mass is 10.0. The van der Waals surface area contributed by atoms with Gasteiger partial charge in [-0.2, -0.15) is 0 Å². The predicted octanol–water partition coefficient (Wildman–Crippen LogP) is 4.14. The highest BCUT2D eigenvalue weighted by Crippen LogP contribution is 2.31. The molecule has 0 fully saturated rings. The van der Waals surface area contributed by atoms with E-state index in [1.165, 1.54) is 15.5 Å². The maximum absolute atomic E-state index is 12.7. The molecule has 4 rings (SSSR count). The van der Waals surface area contributed by atoms with Crippen LogP contribution in [0.25, 0.3) is 17.3 Å². The van der Waals surface area contributed by atoms with Gasteiger partial charge >= 0.3 is 0 Å². The van der Waals surface area contributed by atoms with Gasteiger partial charge in [-0.25, -0.2) is 4.98 Å². The highest BCUT2D eigenvalue weighted by molar-refractivity contribution is 6.30. The van der Waals surface area contributed by atoms with Gasteiger partial charge in [0.2, 0.25) is 0 Å². The van der Waals surface area contributed by atoms with E-state index in [-0.39, 0.29) is 5.56 Å². The average molecular weight is 323 g/mol. The zero-order valence-corrected chi connectivity index (χ0v) is 13.5. The smallest absolute Gasteiger partial charge is 0.261 e. The third kappa shape index (κ3) is 2.37. The first-order valence-electron chi connectivity index (χ1n) is 7.61. The molecule has 0 saturated heterocycles. The summed E-state index contributed by atoms with van der Waals surface area (Å²) in [6.07, 6.45) is 5.36. The molecule has 1 aliphatic rings. The number of hydrogen-bond acceptors (Lipinski definition) is 2. The Balaban J connectivity index is 1.93. The van der Waals surface area contributed by atoms with Crippen LogP contribution in [0.15, 0.2) is 47.4 Å². The van der Waals surface area contributed by atoms with Gasteiger partial charge in [0.05, 0.1) is 10.7 Å². The number of benzene rings is 1. The van der Waals surface area contributed by atoms with Gasteiger partial charge in [0.25, 0.3) is 5.56 Å². The number of rotatable bonds is 1. The summed E-state index contributed by atoms with van der Waals surface area (Å²) < 4.78 is 1.54. The molecule has 1 aliphatic carbocycles. The van der Waals surface area contributed by atoms with Gasteiger partial charge < -0.3 is 0 Å². The normalized spacial score (nSPS) is 15.3. The Morgan fingerprint density at radius 1 is 1.17 bits per heavy atom. The molecular weight excluding hydrogens is 308 g/mol. The molecule has 4 heteroatoms. The standard InChI is InChI=1S/C19H15ClN2O/c1-12-4-2-3-5-13(12)10-14-6-8-16-18(14)21-17-9-7-15(20)11-22(17)19(16)23/h2-5,7,9-11H,6,8H2,1H3/b14-10-. The van der Waals surface area contributed by atoms with E-state index in [0.717, 1.165) is 29.7 Å². The van der Waals surface area contributed by atoms with Gasteiger partial charge in [0.15, 0.2) is 0 Å². The number of hydrogen-bond donors (Lipinski definition) is 0. The molecule has 0 atom stereocenters. The fourth-order valence-corrected chi connectivity index (χ4v) is 3.26. The van der Waals surface area contributed by atoms with Gasteiger partial charge in [0, 0.05) is 11.8 Å². The minimum absolute atomic E-state index is 0.0133. The van der Waals surface area contributed by atoms with E-state index in [0.29, 0.717) is 10.7 Å². The van der Waals surface area contributed by atoms with Crippen LogP contribution in [-0.4, -0.2) is 9.38 Å². The highest BCUT2D eigenvalue weighted by atomic mass is 35.5. The molecule has 2 heterocycles. The van der Waals surface area contributed by atoms with E-state index in [9.17, 15) is 4.79 Å². The number of allylic oxidation sites excluding steroid dienone is 1. The second-order valence-corrected chi connectivity index (χ2v) is 6.28. The van der Waals surface area contributed by atoms with E-state index in [1.54, 1.807) is 18.3 Å². The fourth-order valence-electron chi connectivity index (χ4n) is 3.10. The summed E-state index contributed by atoms with van der Waals surface area (Å²) in [6, 6.07) is 11.8. The first-order valence-corrected chi connectivity index (χ1v) is 7.98. The van der Waals surface area contributed by atoms with Gasteiger partial charge in [-0.05, 0) is 54.7 Å². The van der Waals surface area contributed by atoms with Crippen molar-refractivity contribution >= 4 is 28.9 Å². The molecule has 0 radical (unpaired) electrons. The van der Waals surface area contributed by atoms with E-state index in [1.807, 2.05) is 12.1 Å². The van der Waals surface area contributed by atoms with Gasteiger partial charge in [0.1, 0.15) is 5.65 Å². The Kier molecular flexibility index (Phi) is 3.31. The zero-order chi connectivity index (χ0) is 16.0. The molecule has 0 saturated carbocycles. The monoisotopic (exact) mass is 322 g/mol. The molecule has 0 spiro atoms. The van der Waals surface area contributed by atoms with Crippen molar-refractivity contribution in [2.75, 3.05) is 0 Å². The Labute approximate surface area is 138 Å². The van der Waals surface area contributed by atoms with Crippen LogP contribution in [0, 0.1) is 6.92 Å². The number of aryl methyl sites for hydroxylation is 1. The van der Waals surface area contributed by atoms with Crippen LogP contribution < -0.4 is 5.56 Å². The first kappa shape index (κ1) is 14.2. The maximum atomic E-state index is 12.7. The van der Waals surface area contributed by atoms with Crippen LogP contribution in [0.2, 0.25) is 5.02 Å². The summed E-state index contributed by atoms with van der Waals surface area (Å²) in [4.78, 5) is 17.4. The summed E-state index contributed by atoms with van der Waals surface area (Å²) in [5.74, 6) is 0. The Morgan fingerprint density at radius 3 is 2.83 bits per heavy atom. The van der Waals surface area contributed by atoms with Crippen molar-refractivity contribution in [2.24, 2.45) is 0 Å². The van der Waals surface area contributed by atoms with Crippen LogP contribution in [0.4, 0.5) is 0 Å². The van der Waals surface area contributed by atoms with Crippen LogP contribution in [0.3, 0.4) is 0 Å². The van der Waals surface area contributed by atoms with Crippen molar-refractivity contribution in [1.29, 1.82) is 0 Å². The van der Waals surface area contributed by atoms with Crippen molar-refractivity contribution in [3.8, 4) is 0 Å². The molecular formula is C19H15ClN2O. The number of halogens is 1. The Morgan fingerprint density at radius 2 is 2.00 bits per heavy atom. The van der Waals surface area contributed by atoms with E-state index >= 15 is 0 Å². The molecule has 114 valence electrons. The second-order valence-electron chi connectivity index (χ2n) is 5.85. The number of nitrogens with zero attached hydrogens (tertiary/aromatic N) is 2. The minimum atomic E-state index is -0.0133. The highest BCUT2D eigenvalue weighted by Gasteiger charge is 2.22. The van der Waals surface area contributed by atoms with Crippen LogP contribution >= 0.6 is 11.6 Å². The Hall–Kier alpha value is -2.39. The van der Waals surface area contributed by atoms with Crippen LogP contribution in [0.5, 0.6) is 0 Å². The van der Waals surface area contributed by atoms with Gasteiger partial charge in [-0.3, -0.25) is 9.20 Å². The second kappa shape index (κ2) is 5.36. The molecule has 1 aromatic carbocycles. The molecule has 0 bridgehead atoms. The minimum Gasteiger partial charge on any atom is -0.269 e. The fraction of sp³-hybridized carbons (Fsp3) is 0.158. The average Bonchev–Trinajstić information content (AvgIpc) is 2.94. The van der Waals surface area contributed by atoms with Crippen molar-refractivity contribution in [3.05, 3.63) is 80.4 Å². The van der Waals surface area contributed by atoms with Gasteiger partial charge in [-0.15, -0.1) is 0 Å². The number of pyridine rings is 1. The molecule has 0 aliphatic heterocycles.